The number of hydrogen-bond donors (Lipinski definition) is 1. The summed E-state index contributed by atoms with van der Waals surface area (Å²) in [5.41, 5.74) is -0.590. The zero-order chi connectivity index (χ0) is 14.3. The van der Waals surface area contributed by atoms with Crippen molar-refractivity contribution in [3.63, 3.8) is 0 Å². The summed E-state index contributed by atoms with van der Waals surface area (Å²) >= 11 is 0. The topological polar surface area (TPSA) is 57.6 Å². The van der Waals surface area contributed by atoms with E-state index in [2.05, 4.69) is 13.8 Å². The van der Waals surface area contributed by atoms with E-state index in [0.29, 0.717) is 19.4 Å². The van der Waals surface area contributed by atoms with Crippen LogP contribution in [0.3, 0.4) is 0 Å². The molecule has 1 saturated heterocycles. The van der Waals surface area contributed by atoms with E-state index < -0.39 is 11.4 Å². The van der Waals surface area contributed by atoms with Gasteiger partial charge >= 0.3 is 5.97 Å². The van der Waals surface area contributed by atoms with Gasteiger partial charge in [0.05, 0.1) is 5.41 Å². The van der Waals surface area contributed by atoms with E-state index in [1.165, 1.54) is 0 Å². The van der Waals surface area contributed by atoms with Crippen molar-refractivity contribution in [2.45, 2.75) is 52.9 Å². The molecule has 0 bridgehead atoms. The standard InChI is InChI=1S/C15H25NO3/c1-4-6-15(13(18)19)7-5-8-16(10-15)12(17)11-9-14(11,2)3/h11H,4-10H2,1-3H3,(H,18,19). The molecule has 1 saturated carbocycles. The molecule has 2 atom stereocenters. The monoisotopic (exact) mass is 267 g/mol. The zero-order valence-corrected chi connectivity index (χ0v) is 12.2. The fraction of sp³-hybridized carbons (Fsp3) is 0.867. The van der Waals surface area contributed by atoms with Crippen LogP contribution in [0.4, 0.5) is 0 Å². The molecular weight excluding hydrogens is 242 g/mol. The first-order valence-corrected chi connectivity index (χ1v) is 7.34. The van der Waals surface area contributed by atoms with Crippen LogP contribution >= 0.6 is 0 Å². The van der Waals surface area contributed by atoms with Gasteiger partial charge in [0.2, 0.25) is 5.91 Å². The van der Waals surface area contributed by atoms with E-state index in [1.54, 1.807) is 0 Å². The highest BCUT2D eigenvalue weighted by atomic mass is 16.4. The van der Waals surface area contributed by atoms with Crippen molar-refractivity contribution in [3.05, 3.63) is 0 Å². The van der Waals surface area contributed by atoms with Crippen LogP contribution in [0.2, 0.25) is 0 Å². The van der Waals surface area contributed by atoms with E-state index in [4.69, 9.17) is 0 Å². The Labute approximate surface area is 115 Å². The lowest BCUT2D eigenvalue weighted by molar-refractivity contribution is -0.156. The number of likely N-dealkylation sites (tertiary alicyclic amines) is 1. The van der Waals surface area contributed by atoms with Crippen LogP contribution in [0.1, 0.15) is 52.9 Å². The third-order valence-electron chi connectivity index (χ3n) is 4.88. The molecule has 0 aromatic carbocycles. The first-order valence-electron chi connectivity index (χ1n) is 7.34. The highest BCUT2D eigenvalue weighted by molar-refractivity contribution is 5.84. The van der Waals surface area contributed by atoms with Crippen molar-refractivity contribution in [3.8, 4) is 0 Å². The number of carbonyl (C=O) groups is 2. The molecule has 2 aliphatic rings. The van der Waals surface area contributed by atoms with Gasteiger partial charge in [-0.2, -0.15) is 0 Å². The summed E-state index contributed by atoms with van der Waals surface area (Å²) in [6, 6.07) is 0. The van der Waals surface area contributed by atoms with Crippen LogP contribution in [0.5, 0.6) is 0 Å². The molecule has 4 nitrogen and oxygen atoms in total. The van der Waals surface area contributed by atoms with Crippen LogP contribution < -0.4 is 0 Å². The van der Waals surface area contributed by atoms with Crippen LogP contribution in [0.25, 0.3) is 0 Å². The second-order valence-electron chi connectivity index (χ2n) is 6.94. The first kappa shape index (κ1) is 14.4. The molecule has 1 aliphatic carbocycles. The third kappa shape index (κ3) is 2.63. The largest absolute Gasteiger partial charge is 0.481 e. The van der Waals surface area contributed by atoms with E-state index in [0.717, 1.165) is 25.8 Å². The van der Waals surface area contributed by atoms with Crippen molar-refractivity contribution in [2.24, 2.45) is 16.7 Å². The average molecular weight is 267 g/mol. The molecule has 0 aromatic rings. The minimum absolute atomic E-state index is 0.110. The van der Waals surface area contributed by atoms with Crippen molar-refractivity contribution < 1.29 is 14.7 Å². The van der Waals surface area contributed by atoms with Gasteiger partial charge in [-0.1, -0.05) is 27.2 Å². The molecule has 1 heterocycles. The Morgan fingerprint density at radius 2 is 2.00 bits per heavy atom. The minimum Gasteiger partial charge on any atom is -0.481 e. The molecule has 2 fully saturated rings. The quantitative estimate of drug-likeness (QED) is 0.851. The van der Waals surface area contributed by atoms with Crippen LogP contribution in [-0.4, -0.2) is 35.0 Å². The number of carbonyl (C=O) groups excluding carboxylic acids is 1. The van der Waals surface area contributed by atoms with Gasteiger partial charge in [0.1, 0.15) is 0 Å². The second-order valence-corrected chi connectivity index (χ2v) is 6.94. The van der Waals surface area contributed by atoms with Crippen LogP contribution in [-0.2, 0) is 9.59 Å². The average Bonchev–Trinajstić information content (AvgIpc) is 2.98. The third-order valence-corrected chi connectivity index (χ3v) is 4.88. The fourth-order valence-electron chi connectivity index (χ4n) is 3.39. The molecule has 2 unspecified atom stereocenters. The molecule has 0 spiro atoms. The normalized spacial score (nSPS) is 33.0. The number of carboxylic acids is 1. The van der Waals surface area contributed by atoms with Gasteiger partial charge in [-0.15, -0.1) is 0 Å². The summed E-state index contributed by atoms with van der Waals surface area (Å²) in [6.45, 7) is 7.35. The number of amides is 1. The molecule has 108 valence electrons. The highest BCUT2D eigenvalue weighted by Gasteiger charge is 2.53. The summed E-state index contributed by atoms with van der Waals surface area (Å²) in [4.78, 5) is 25.8. The van der Waals surface area contributed by atoms with Crippen LogP contribution in [0.15, 0.2) is 0 Å². The summed E-state index contributed by atoms with van der Waals surface area (Å²) in [7, 11) is 0. The number of carboxylic acid groups (broad SMARTS) is 1. The van der Waals surface area contributed by atoms with Gasteiger partial charge in [0, 0.05) is 19.0 Å². The SMILES string of the molecule is CCCC1(C(=O)O)CCCN(C(=O)C2CC2(C)C)C1. The molecule has 1 N–H and O–H groups in total. The molecule has 2 rings (SSSR count). The first-order chi connectivity index (χ1) is 8.82. The van der Waals surface area contributed by atoms with Gasteiger partial charge in [-0.05, 0) is 31.1 Å². The Morgan fingerprint density at radius 1 is 1.37 bits per heavy atom. The number of piperidine rings is 1. The summed E-state index contributed by atoms with van der Waals surface area (Å²) in [5.74, 6) is -0.452. The Bertz CT molecular complexity index is 387. The zero-order valence-electron chi connectivity index (χ0n) is 12.2. The van der Waals surface area contributed by atoms with Crippen molar-refractivity contribution >= 4 is 11.9 Å². The lowest BCUT2D eigenvalue weighted by atomic mass is 9.76. The smallest absolute Gasteiger partial charge is 0.311 e. The Hall–Kier alpha value is -1.06. The Kier molecular flexibility index (Phi) is 3.63. The summed E-state index contributed by atoms with van der Waals surface area (Å²) < 4.78 is 0. The molecule has 1 aliphatic heterocycles. The number of hydrogen-bond acceptors (Lipinski definition) is 2. The maximum atomic E-state index is 12.4. The number of rotatable bonds is 4. The molecule has 19 heavy (non-hydrogen) atoms. The predicted octanol–water partition coefficient (Wildman–Crippen LogP) is 2.53. The Balaban J connectivity index is 2.08. The van der Waals surface area contributed by atoms with Gasteiger partial charge in [-0.3, -0.25) is 9.59 Å². The number of nitrogens with zero attached hydrogens (tertiary/aromatic N) is 1. The van der Waals surface area contributed by atoms with Crippen LogP contribution in [0, 0.1) is 16.7 Å². The molecule has 4 heteroatoms. The minimum atomic E-state index is -0.734. The molecule has 1 amide bonds. The van der Waals surface area contributed by atoms with Gasteiger partial charge in [0.15, 0.2) is 0 Å². The lowest BCUT2D eigenvalue weighted by Gasteiger charge is -2.40. The van der Waals surface area contributed by atoms with Crippen molar-refractivity contribution in [2.75, 3.05) is 13.1 Å². The van der Waals surface area contributed by atoms with Gasteiger partial charge < -0.3 is 10.0 Å². The van der Waals surface area contributed by atoms with Crippen molar-refractivity contribution in [1.29, 1.82) is 0 Å². The summed E-state index contributed by atoms with van der Waals surface area (Å²) in [6.07, 6.45) is 3.97. The maximum absolute atomic E-state index is 12.4. The molecule has 0 aromatic heterocycles. The predicted molar refractivity (Wildman–Crippen MR) is 72.7 cm³/mol. The maximum Gasteiger partial charge on any atom is 0.311 e. The molecule has 0 radical (unpaired) electrons. The van der Waals surface area contributed by atoms with E-state index in [1.807, 2.05) is 11.8 Å². The lowest BCUT2D eigenvalue weighted by Crippen LogP contribution is -2.50. The fourth-order valence-corrected chi connectivity index (χ4v) is 3.39. The summed E-state index contributed by atoms with van der Waals surface area (Å²) in [5, 5.41) is 9.54. The second kappa shape index (κ2) is 4.80. The van der Waals surface area contributed by atoms with Crippen molar-refractivity contribution in [1.82, 2.24) is 4.90 Å². The highest BCUT2D eigenvalue weighted by Crippen LogP contribution is 2.53. The van der Waals surface area contributed by atoms with Gasteiger partial charge in [0.25, 0.3) is 0 Å². The van der Waals surface area contributed by atoms with E-state index >= 15 is 0 Å². The number of aliphatic carboxylic acids is 1. The van der Waals surface area contributed by atoms with E-state index in [-0.39, 0.29) is 17.2 Å². The molecular formula is C15H25NO3. The van der Waals surface area contributed by atoms with E-state index in [9.17, 15) is 14.7 Å². The van der Waals surface area contributed by atoms with Gasteiger partial charge in [-0.25, -0.2) is 0 Å². The Morgan fingerprint density at radius 3 is 2.47 bits per heavy atom.